The van der Waals surface area contributed by atoms with Gasteiger partial charge in [-0.05, 0) is 39.0 Å². The van der Waals surface area contributed by atoms with E-state index in [-0.39, 0.29) is 6.03 Å². The van der Waals surface area contributed by atoms with E-state index in [1.807, 2.05) is 51.1 Å². The fraction of sp³-hybridized carbons (Fsp3) is 0.214. The molecule has 2 N–H and O–H groups in total. The van der Waals surface area contributed by atoms with E-state index in [0.717, 1.165) is 22.6 Å². The number of rotatable bonds is 2. The van der Waals surface area contributed by atoms with Gasteiger partial charge in [0.2, 0.25) is 5.95 Å². The summed E-state index contributed by atoms with van der Waals surface area (Å²) >= 11 is 0. The van der Waals surface area contributed by atoms with Gasteiger partial charge in [-0.2, -0.15) is 0 Å². The number of anilines is 2. The van der Waals surface area contributed by atoms with E-state index in [2.05, 4.69) is 20.6 Å². The van der Waals surface area contributed by atoms with Crippen molar-refractivity contribution < 1.29 is 4.79 Å². The lowest BCUT2D eigenvalue weighted by Gasteiger charge is -2.07. The van der Waals surface area contributed by atoms with Gasteiger partial charge < -0.3 is 5.32 Å². The number of carbonyl (C=O) groups is 1. The molecule has 98 valence electrons. The van der Waals surface area contributed by atoms with E-state index in [0.29, 0.717) is 5.95 Å². The summed E-state index contributed by atoms with van der Waals surface area (Å²) in [6, 6.07) is 9.05. The normalized spacial score (nSPS) is 10.1. The van der Waals surface area contributed by atoms with Crippen molar-refractivity contribution in [3.8, 4) is 0 Å². The van der Waals surface area contributed by atoms with Gasteiger partial charge in [0.25, 0.3) is 0 Å². The van der Waals surface area contributed by atoms with Gasteiger partial charge in [0.05, 0.1) is 0 Å². The van der Waals surface area contributed by atoms with Gasteiger partial charge in [0.1, 0.15) is 0 Å². The van der Waals surface area contributed by atoms with Gasteiger partial charge in [0.15, 0.2) is 0 Å². The summed E-state index contributed by atoms with van der Waals surface area (Å²) in [4.78, 5) is 20.1. The van der Waals surface area contributed by atoms with Crippen LogP contribution in [-0.4, -0.2) is 16.0 Å². The molecule has 0 unspecified atom stereocenters. The van der Waals surface area contributed by atoms with Gasteiger partial charge in [0, 0.05) is 17.1 Å². The molecule has 19 heavy (non-hydrogen) atoms. The maximum Gasteiger partial charge on any atom is 0.326 e. The summed E-state index contributed by atoms with van der Waals surface area (Å²) in [5.74, 6) is 0.308. The van der Waals surface area contributed by atoms with Crippen LogP contribution in [0.4, 0.5) is 16.4 Å². The predicted molar refractivity (Wildman–Crippen MR) is 75.3 cm³/mol. The molecule has 1 heterocycles. The molecule has 2 aromatic rings. The van der Waals surface area contributed by atoms with Crippen LogP contribution < -0.4 is 10.6 Å². The Bertz CT molecular complexity index is 573. The van der Waals surface area contributed by atoms with Crippen LogP contribution in [0.5, 0.6) is 0 Å². The standard InChI is InChI=1S/C14H16N4O/c1-9-4-6-12(7-5-9)17-14(19)18-13-15-10(2)8-11(3)16-13/h4-8H,1-3H3,(H2,15,16,17,18,19). The highest BCUT2D eigenvalue weighted by molar-refractivity contribution is 5.98. The zero-order valence-electron chi connectivity index (χ0n) is 11.2. The van der Waals surface area contributed by atoms with Crippen molar-refractivity contribution in [1.82, 2.24) is 9.97 Å². The number of urea groups is 1. The van der Waals surface area contributed by atoms with Crippen LogP contribution in [0.2, 0.25) is 0 Å². The Labute approximate surface area is 112 Å². The topological polar surface area (TPSA) is 66.9 Å². The molecule has 0 aliphatic heterocycles. The molecular formula is C14H16N4O. The Morgan fingerprint density at radius 2 is 1.53 bits per heavy atom. The monoisotopic (exact) mass is 256 g/mol. The highest BCUT2D eigenvalue weighted by Gasteiger charge is 2.05. The number of aromatic nitrogens is 2. The number of hydrogen-bond acceptors (Lipinski definition) is 3. The van der Waals surface area contributed by atoms with Gasteiger partial charge in [-0.3, -0.25) is 5.32 Å². The first-order valence-corrected chi connectivity index (χ1v) is 6.00. The summed E-state index contributed by atoms with van der Waals surface area (Å²) in [7, 11) is 0. The third kappa shape index (κ3) is 3.77. The van der Waals surface area contributed by atoms with E-state index in [1.54, 1.807) is 0 Å². The van der Waals surface area contributed by atoms with E-state index >= 15 is 0 Å². The maximum absolute atomic E-state index is 11.8. The second-order valence-corrected chi connectivity index (χ2v) is 4.42. The summed E-state index contributed by atoms with van der Waals surface area (Å²) in [6.07, 6.45) is 0. The molecule has 0 saturated heterocycles. The lowest BCUT2D eigenvalue weighted by atomic mass is 10.2. The van der Waals surface area contributed by atoms with Crippen LogP contribution in [0.3, 0.4) is 0 Å². The quantitative estimate of drug-likeness (QED) is 0.867. The van der Waals surface area contributed by atoms with Crippen LogP contribution >= 0.6 is 0 Å². The van der Waals surface area contributed by atoms with Gasteiger partial charge >= 0.3 is 6.03 Å². The maximum atomic E-state index is 11.8. The Kier molecular flexibility index (Phi) is 3.75. The highest BCUT2D eigenvalue weighted by atomic mass is 16.2. The van der Waals surface area contributed by atoms with Crippen molar-refractivity contribution in [3.63, 3.8) is 0 Å². The number of nitrogens with zero attached hydrogens (tertiary/aromatic N) is 2. The van der Waals surface area contributed by atoms with Gasteiger partial charge in [-0.1, -0.05) is 17.7 Å². The summed E-state index contributed by atoms with van der Waals surface area (Å²) in [6.45, 7) is 5.71. The fourth-order valence-electron chi connectivity index (χ4n) is 1.68. The number of benzene rings is 1. The van der Waals surface area contributed by atoms with E-state index in [4.69, 9.17) is 0 Å². The molecule has 0 spiro atoms. The number of carbonyl (C=O) groups excluding carboxylic acids is 1. The minimum Gasteiger partial charge on any atom is -0.308 e. The lowest BCUT2D eigenvalue weighted by molar-refractivity contribution is 0.262. The first kappa shape index (κ1) is 13.0. The third-order valence-corrected chi connectivity index (χ3v) is 2.52. The van der Waals surface area contributed by atoms with E-state index < -0.39 is 0 Å². The van der Waals surface area contributed by atoms with Crippen molar-refractivity contribution in [2.45, 2.75) is 20.8 Å². The van der Waals surface area contributed by atoms with Crippen LogP contribution in [0.25, 0.3) is 0 Å². The number of aryl methyl sites for hydroxylation is 3. The van der Waals surface area contributed by atoms with E-state index in [1.165, 1.54) is 0 Å². The molecule has 0 fully saturated rings. The molecule has 5 heteroatoms. The molecule has 5 nitrogen and oxygen atoms in total. The zero-order chi connectivity index (χ0) is 13.8. The molecular weight excluding hydrogens is 240 g/mol. The largest absolute Gasteiger partial charge is 0.326 e. The minimum absolute atomic E-state index is 0.308. The molecule has 1 aromatic heterocycles. The number of hydrogen-bond donors (Lipinski definition) is 2. The molecule has 0 radical (unpaired) electrons. The molecule has 0 atom stereocenters. The Hall–Kier alpha value is -2.43. The number of nitrogens with one attached hydrogen (secondary N) is 2. The Balaban J connectivity index is 2.03. The van der Waals surface area contributed by atoms with Gasteiger partial charge in [-0.15, -0.1) is 0 Å². The third-order valence-electron chi connectivity index (χ3n) is 2.52. The van der Waals surface area contributed by atoms with E-state index in [9.17, 15) is 4.79 Å². The fourth-order valence-corrected chi connectivity index (χ4v) is 1.68. The van der Waals surface area contributed by atoms with Crippen LogP contribution in [0, 0.1) is 20.8 Å². The van der Waals surface area contributed by atoms with Crippen molar-refractivity contribution in [3.05, 3.63) is 47.3 Å². The molecule has 1 aromatic carbocycles. The highest BCUT2D eigenvalue weighted by Crippen LogP contribution is 2.09. The van der Waals surface area contributed by atoms with Crippen LogP contribution in [0.1, 0.15) is 17.0 Å². The Morgan fingerprint density at radius 1 is 0.947 bits per heavy atom. The number of amides is 2. The minimum atomic E-state index is -0.353. The second kappa shape index (κ2) is 5.48. The molecule has 0 bridgehead atoms. The average Bonchev–Trinajstić information content (AvgIpc) is 2.30. The first-order chi connectivity index (χ1) is 9.02. The molecule has 2 rings (SSSR count). The van der Waals surface area contributed by atoms with Crippen molar-refractivity contribution in [1.29, 1.82) is 0 Å². The van der Waals surface area contributed by atoms with Crippen molar-refractivity contribution >= 4 is 17.7 Å². The molecule has 0 aliphatic carbocycles. The summed E-state index contributed by atoms with van der Waals surface area (Å²) in [5, 5.41) is 5.34. The average molecular weight is 256 g/mol. The molecule has 2 amide bonds. The van der Waals surface area contributed by atoms with Gasteiger partial charge in [-0.25, -0.2) is 14.8 Å². The molecule has 0 aliphatic rings. The van der Waals surface area contributed by atoms with Crippen LogP contribution in [-0.2, 0) is 0 Å². The first-order valence-electron chi connectivity index (χ1n) is 6.00. The SMILES string of the molecule is Cc1ccc(NC(=O)Nc2nc(C)cc(C)n2)cc1. The summed E-state index contributed by atoms with van der Waals surface area (Å²) < 4.78 is 0. The van der Waals surface area contributed by atoms with Crippen molar-refractivity contribution in [2.75, 3.05) is 10.6 Å². The lowest BCUT2D eigenvalue weighted by Crippen LogP contribution is -2.21. The summed E-state index contributed by atoms with van der Waals surface area (Å²) in [5.41, 5.74) is 3.51. The predicted octanol–water partition coefficient (Wildman–Crippen LogP) is 3.05. The smallest absolute Gasteiger partial charge is 0.308 e. The van der Waals surface area contributed by atoms with Crippen molar-refractivity contribution in [2.24, 2.45) is 0 Å². The second-order valence-electron chi connectivity index (χ2n) is 4.42. The molecule has 0 saturated carbocycles. The Morgan fingerprint density at radius 3 is 2.11 bits per heavy atom. The zero-order valence-corrected chi connectivity index (χ0v) is 11.2. The van der Waals surface area contributed by atoms with Crippen LogP contribution in [0.15, 0.2) is 30.3 Å².